The molecule has 2 nitrogen and oxygen atoms in total. The Morgan fingerprint density at radius 2 is 2.11 bits per heavy atom. The number of nitrogens with one attached hydrogen (secondary N) is 1. The average Bonchev–Trinajstić information content (AvgIpc) is 2.84. The number of amides is 1. The number of carbonyl (C=O) groups excluding carboxylic acids is 1. The monoisotopic (exact) mass is 385 g/mol. The topological polar surface area (TPSA) is 29.1 Å². The molecule has 1 amide bonds. The van der Waals surface area contributed by atoms with Crippen molar-refractivity contribution in [2.75, 3.05) is 0 Å². The van der Waals surface area contributed by atoms with Gasteiger partial charge in [-0.1, -0.05) is 30.3 Å². The van der Waals surface area contributed by atoms with Gasteiger partial charge in [0.25, 0.3) is 5.91 Å². The lowest BCUT2D eigenvalue weighted by atomic mass is 10.1. The van der Waals surface area contributed by atoms with E-state index in [-0.39, 0.29) is 11.9 Å². The van der Waals surface area contributed by atoms with Gasteiger partial charge in [-0.3, -0.25) is 4.79 Å². The molecule has 0 aliphatic heterocycles. The maximum absolute atomic E-state index is 12.0. The highest BCUT2D eigenvalue weighted by Gasteiger charge is 2.11. The third-order valence-corrected chi connectivity index (χ3v) is 4.70. The molecule has 4 heteroatoms. The van der Waals surface area contributed by atoms with Crippen LogP contribution in [0.4, 0.5) is 0 Å². The smallest absolute Gasteiger partial charge is 0.252 e. The van der Waals surface area contributed by atoms with Crippen molar-refractivity contribution in [1.29, 1.82) is 0 Å². The zero-order valence-corrected chi connectivity index (χ0v) is 13.7. The van der Waals surface area contributed by atoms with E-state index in [1.165, 1.54) is 5.56 Å². The highest BCUT2D eigenvalue weighted by molar-refractivity contribution is 14.1. The summed E-state index contributed by atoms with van der Waals surface area (Å²) in [6.45, 7) is 2.05. The molecule has 0 radical (unpaired) electrons. The van der Waals surface area contributed by atoms with E-state index in [9.17, 15) is 4.79 Å². The molecule has 0 aliphatic rings. The van der Waals surface area contributed by atoms with E-state index in [1.54, 1.807) is 11.3 Å². The van der Waals surface area contributed by atoms with Gasteiger partial charge in [-0.15, -0.1) is 11.3 Å². The van der Waals surface area contributed by atoms with Gasteiger partial charge in [0.05, 0.1) is 8.45 Å². The normalized spacial score (nSPS) is 12.1. The maximum Gasteiger partial charge on any atom is 0.252 e. The maximum atomic E-state index is 12.0. The Kier molecular flexibility index (Phi) is 5.39. The molecule has 1 atom stereocenters. The standard InChI is InChI=1S/C15H16INOS/c1-11(7-8-12-5-3-2-4-6-12)17-15(18)13-9-14(16)19-10-13/h2-6,9-11H,7-8H2,1H3,(H,17,18). The lowest BCUT2D eigenvalue weighted by Gasteiger charge is -2.13. The first-order valence-corrected chi connectivity index (χ1v) is 8.20. The second-order valence-corrected chi connectivity index (χ2v) is 7.34. The second kappa shape index (κ2) is 7.05. The fourth-order valence-corrected chi connectivity index (χ4v) is 3.16. The summed E-state index contributed by atoms with van der Waals surface area (Å²) in [5, 5.41) is 4.95. The molecule has 1 aromatic heterocycles. The highest BCUT2D eigenvalue weighted by Crippen LogP contribution is 2.16. The molecule has 1 aromatic carbocycles. The fourth-order valence-electron chi connectivity index (χ4n) is 1.84. The molecule has 0 saturated carbocycles. The van der Waals surface area contributed by atoms with Crippen molar-refractivity contribution < 1.29 is 4.79 Å². The van der Waals surface area contributed by atoms with E-state index in [0.717, 1.165) is 21.3 Å². The Labute approximate surface area is 131 Å². The first-order valence-electron chi connectivity index (χ1n) is 6.24. The van der Waals surface area contributed by atoms with Gasteiger partial charge in [-0.2, -0.15) is 0 Å². The van der Waals surface area contributed by atoms with Gasteiger partial charge < -0.3 is 5.32 Å². The molecule has 0 bridgehead atoms. The first-order chi connectivity index (χ1) is 9.15. The van der Waals surface area contributed by atoms with Crippen LogP contribution in [0.2, 0.25) is 0 Å². The van der Waals surface area contributed by atoms with E-state index < -0.39 is 0 Å². The molecule has 1 unspecified atom stereocenters. The molecule has 1 N–H and O–H groups in total. The molecule has 0 spiro atoms. The fraction of sp³-hybridized carbons (Fsp3) is 0.267. The lowest BCUT2D eigenvalue weighted by molar-refractivity contribution is 0.0939. The van der Waals surface area contributed by atoms with Crippen LogP contribution in [0.15, 0.2) is 41.8 Å². The molecular formula is C15H16INOS. The van der Waals surface area contributed by atoms with Gasteiger partial charge >= 0.3 is 0 Å². The van der Waals surface area contributed by atoms with E-state index >= 15 is 0 Å². The van der Waals surface area contributed by atoms with Crippen LogP contribution in [-0.2, 0) is 6.42 Å². The predicted molar refractivity (Wildman–Crippen MR) is 88.7 cm³/mol. The summed E-state index contributed by atoms with van der Waals surface area (Å²) >= 11 is 3.83. The highest BCUT2D eigenvalue weighted by atomic mass is 127. The van der Waals surface area contributed by atoms with Crippen molar-refractivity contribution in [3.8, 4) is 0 Å². The number of aryl methyl sites for hydroxylation is 1. The van der Waals surface area contributed by atoms with Crippen LogP contribution >= 0.6 is 33.9 Å². The van der Waals surface area contributed by atoms with Crippen molar-refractivity contribution in [3.63, 3.8) is 0 Å². The van der Waals surface area contributed by atoms with E-state index in [0.29, 0.717) is 0 Å². The Balaban J connectivity index is 1.81. The largest absolute Gasteiger partial charge is 0.350 e. The Bertz CT molecular complexity index is 538. The van der Waals surface area contributed by atoms with Crippen LogP contribution in [0.5, 0.6) is 0 Å². The van der Waals surface area contributed by atoms with Crippen molar-refractivity contribution in [1.82, 2.24) is 5.32 Å². The molecule has 2 rings (SSSR count). The summed E-state index contributed by atoms with van der Waals surface area (Å²) in [4.78, 5) is 12.0. The number of hydrogen-bond donors (Lipinski definition) is 1. The number of hydrogen-bond acceptors (Lipinski definition) is 2. The van der Waals surface area contributed by atoms with Crippen LogP contribution in [0, 0.1) is 2.88 Å². The number of thiophene rings is 1. The van der Waals surface area contributed by atoms with E-state index in [1.807, 2.05) is 29.6 Å². The minimum Gasteiger partial charge on any atom is -0.350 e. The van der Waals surface area contributed by atoms with Gasteiger partial charge in [-0.05, 0) is 54.0 Å². The third kappa shape index (κ3) is 4.62. The minimum absolute atomic E-state index is 0.0275. The van der Waals surface area contributed by atoms with Crippen LogP contribution in [0.3, 0.4) is 0 Å². The van der Waals surface area contributed by atoms with Crippen LogP contribution in [0.1, 0.15) is 29.3 Å². The number of benzene rings is 1. The molecule has 2 aromatic rings. The van der Waals surface area contributed by atoms with Crippen molar-refractivity contribution in [2.45, 2.75) is 25.8 Å². The van der Waals surface area contributed by atoms with Crippen molar-refractivity contribution in [2.24, 2.45) is 0 Å². The zero-order chi connectivity index (χ0) is 13.7. The van der Waals surface area contributed by atoms with Gasteiger partial charge in [0.2, 0.25) is 0 Å². The third-order valence-electron chi connectivity index (χ3n) is 2.92. The molecule has 100 valence electrons. The predicted octanol–water partition coefficient (Wildman–Crippen LogP) is 4.10. The molecule has 0 saturated heterocycles. The van der Waals surface area contributed by atoms with Crippen molar-refractivity contribution >= 4 is 39.8 Å². The number of rotatable bonds is 5. The Hall–Kier alpha value is -0.880. The number of halogens is 1. The molecule has 0 aliphatic carbocycles. The Morgan fingerprint density at radius 1 is 1.37 bits per heavy atom. The first kappa shape index (κ1) is 14.5. The molecule has 1 heterocycles. The van der Waals surface area contributed by atoms with Gasteiger partial charge in [0.15, 0.2) is 0 Å². The van der Waals surface area contributed by atoms with Crippen molar-refractivity contribution in [3.05, 3.63) is 55.8 Å². The van der Waals surface area contributed by atoms with Crippen LogP contribution in [0.25, 0.3) is 0 Å². The van der Waals surface area contributed by atoms with Gasteiger partial charge in [-0.25, -0.2) is 0 Å². The zero-order valence-electron chi connectivity index (χ0n) is 10.7. The minimum atomic E-state index is 0.0275. The number of carbonyl (C=O) groups is 1. The summed E-state index contributed by atoms with van der Waals surface area (Å²) < 4.78 is 1.14. The lowest BCUT2D eigenvalue weighted by Crippen LogP contribution is -2.32. The molecule has 0 fully saturated rings. The Morgan fingerprint density at radius 3 is 2.74 bits per heavy atom. The molecule has 19 heavy (non-hydrogen) atoms. The summed E-state index contributed by atoms with van der Waals surface area (Å²) in [7, 11) is 0. The summed E-state index contributed by atoms with van der Waals surface area (Å²) in [6, 6.07) is 12.5. The van der Waals surface area contributed by atoms with Crippen LogP contribution in [-0.4, -0.2) is 11.9 Å². The van der Waals surface area contributed by atoms with E-state index in [2.05, 4.69) is 47.0 Å². The molecular weight excluding hydrogens is 369 g/mol. The summed E-state index contributed by atoms with van der Waals surface area (Å²) in [6.07, 6.45) is 1.94. The van der Waals surface area contributed by atoms with E-state index in [4.69, 9.17) is 0 Å². The SMILES string of the molecule is CC(CCc1ccccc1)NC(=O)c1csc(I)c1. The van der Waals surface area contributed by atoms with Crippen LogP contribution < -0.4 is 5.32 Å². The second-order valence-electron chi connectivity index (χ2n) is 4.54. The average molecular weight is 385 g/mol. The quantitative estimate of drug-likeness (QED) is 0.772. The summed E-state index contributed by atoms with van der Waals surface area (Å²) in [5.41, 5.74) is 2.08. The summed E-state index contributed by atoms with van der Waals surface area (Å²) in [5.74, 6) is 0.0275. The van der Waals surface area contributed by atoms with Gasteiger partial charge in [0, 0.05) is 11.4 Å². The van der Waals surface area contributed by atoms with Gasteiger partial charge in [0.1, 0.15) is 0 Å².